The molecule has 7 nitrogen and oxygen atoms in total. The van der Waals surface area contributed by atoms with Crippen molar-refractivity contribution in [3.63, 3.8) is 0 Å². The predicted octanol–water partition coefficient (Wildman–Crippen LogP) is 2.22. The number of thiophene rings is 1. The highest BCUT2D eigenvalue weighted by Crippen LogP contribution is 2.39. The van der Waals surface area contributed by atoms with Crippen LogP contribution in [0.5, 0.6) is 0 Å². The summed E-state index contributed by atoms with van der Waals surface area (Å²) < 4.78 is 22.0. The molecule has 0 fully saturated rings. The summed E-state index contributed by atoms with van der Waals surface area (Å²) in [4.78, 5) is 11.4. The average Bonchev–Trinajstić information content (AvgIpc) is 3.16. The first kappa shape index (κ1) is 20.9. The fraction of sp³-hybridized carbons (Fsp3) is 0.611. The largest absolute Gasteiger partial charge is 0.475 e. The molecule has 1 aliphatic heterocycles. The number of carbonyl (C=O) groups is 1. The molecule has 146 valence electrons. The molecule has 0 bridgehead atoms. The van der Waals surface area contributed by atoms with E-state index in [4.69, 9.17) is 24.1 Å². The number of aliphatic hydroxyl groups is 1. The Balaban J connectivity index is 2.01. The molecule has 3 atom stereocenters. The first-order chi connectivity index (χ1) is 12.7. The van der Waals surface area contributed by atoms with Crippen LogP contribution < -0.4 is 0 Å². The summed E-state index contributed by atoms with van der Waals surface area (Å²) in [5.74, 6) is -1.32. The van der Waals surface area contributed by atoms with Gasteiger partial charge in [-0.15, -0.1) is 0 Å². The first-order valence-corrected chi connectivity index (χ1v) is 9.63. The van der Waals surface area contributed by atoms with Crippen molar-refractivity contribution >= 4 is 17.3 Å². The van der Waals surface area contributed by atoms with Crippen LogP contribution in [0.2, 0.25) is 0 Å². The van der Waals surface area contributed by atoms with Crippen molar-refractivity contribution in [1.82, 2.24) is 0 Å². The molecule has 0 unspecified atom stereocenters. The average molecular weight is 386 g/mol. The lowest BCUT2D eigenvalue weighted by Gasteiger charge is -2.36. The topological polar surface area (TPSA) is 94.5 Å². The van der Waals surface area contributed by atoms with Gasteiger partial charge in [-0.05, 0) is 41.8 Å². The van der Waals surface area contributed by atoms with Crippen molar-refractivity contribution in [2.24, 2.45) is 5.92 Å². The summed E-state index contributed by atoms with van der Waals surface area (Å²) in [6.45, 7) is 3.93. The molecule has 2 heterocycles. The highest BCUT2D eigenvalue weighted by atomic mass is 32.1. The molecule has 0 spiro atoms. The van der Waals surface area contributed by atoms with Crippen LogP contribution in [0.25, 0.3) is 0 Å². The van der Waals surface area contributed by atoms with Crippen molar-refractivity contribution in [2.45, 2.75) is 25.6 Å². The molecule has 0 saturated heterocycles. The predicted molar refractivity (Wildman–Crippen MR) is 96.1 cm³/mol. The Hall–Kier alpha value is -1.45. The molecule has 0 aromatic carbocycles. The van der Waals surface area contributed by atoms with E-state index < -0.39 is 12.3 Å². The lowest BCUT2D eigenvalue weighted by molar-refractivity contribution is -0.174. The highest BCUT2D eigenvalue weighted by molar-refractivity contribution is 7.08. The van der Waals surface area contributed by atoms with E-state index in [0.29, 0.717) is 39.5 Å². The summed E-state index contributed by atoms with van der Waals surface area (Å²) in [5, 5.41) is 22.0. The number of aliphatic hydroxyl groups excluding tert-OH is 1. The maximum Gasteiger partial charge on any atom is 0.370 e. The maximum atomic E-state index is 11.4. The van der Waals surface area contributed by atoms with Crippen molar-refractivity contribution in [2.75, 3.05) is 39.6 Å². The van der Waals surface area contributed by atoms with Crippen molar-refractivity contribution < 1.29 is 34.0 Å². The zero-order chi connectivity index (χ0) is 18.8. The highest BCUT2D eigenvalue weighted by Gasteiger charge is 2.38. The quantitative estimate of drug-likeness (QED) is 0.532. The number of rotatable bonds is 12. The van der Waals surface area contributed by atoms with E-state index in [-0.39, 0.29) is 24.2 Å². The van der Waals surface area contributed by atoms with E-state index in [1.807, 2.05) is 23.8 Å². The number of hydrogen-bond acceptors (Lipinski definition) is 7. The number of ether oxygens (including phenoxy) is 4. The van der Waals surface area contributed by atoms with Gasteiger partial charge in [0.05, 0.1) is 26.4 Å². The molecule has 1 aromatic rings. The lowest BCUT2D eigenvalue weighted by atomic mass is 9.82. The normalized spacial score (nSPS) is 22.7. The minimum Gasteiger partial charge on any atom is -0.475 e. The Kier molecular flexibility index (Phi) is 9.07. The van der Waals surface area contributed by atoms with Gasteiger partial charge in [-0.1, -0.05) is 0 Å². The first-order valence-electron chi connectivity index (χ1n) is 8.69. The second-order valence-electron chi connectivity index (χ2n) is 5.76. The number of allylic oxidation sites excluding steroid dienone is 1. The zero-order valence-corrected chi connectivity index (χ0v) is 15.7. The van der Waals surface area contributed by atoms with Crippen LogP contribution in [0.4, 0.5) is 0 Å². The van der Waals surface area contributed by atoms with Crippen LogP contribution in [0.1, 0.15) is 24.8 Å². The van der Waals surface area contributed by atoms with Crippen LogP contribution in [-0.2, 0) is 23.7 Å². The summed E-state index contributed by atoms with van der Waals surface area (Å²) in [7, 11) is 0. The van der Waals surface area contributed by atoms with Gasteiger partial charge in [0.2, 0.25) is 12.0 Å². The monoisotopic (exact) mass is 386 g/mol. The maximum absolute atomic E-state index is 11.4. The van der Waals surface area contributed by atoms with Crippen LogP contribution in [0.3, 0.4) is 0 Å². The van der Waals surface area contributed by atoms with Gasteiger partial charge in [-0.2, -0.15) is 11.3 Å². The Morgan fingerprint density at radius 3 is 2.65 bits per heavy atom. The summed E-state index contributed by atoms with van der Waals surface area (Å²) in [6.07, 6.45) is 1.69. The molecule has 0 radical (unpaired) electrons. The van der Waals surface area contributed by atoms with Crippen molar-refractivity contribution in [3.8, 4) is 0 Å². The summed E-state index contributed by atoms with van der Waals surface area (Å²) in [5.41, 5.74) is 1.05. The van der Waals surface area contributed by atoms with Gasteiger partial charge in [0.25, 0.3) is 0 Å². The molecule has 0 saturated carbocycles. The number of aliphatic carboxylic acids is 1. The van der Waals surface area contributed by atoms with Gasteiger partial charge in [-0.25, -0.2) is 4.79 Å². The number of carboxylic acids is 1. The smallest absolute Gasteiger partial charge is 0.370 e. The van der Waals surface area contributed by atoms with Gasteiger partial charge >= 0.3 is 5.97 Å². The molecular weight excluding hydrogens is 360 g/mol. The Bertz CT molecular complexity index is 558. The third-order valence-corrected chi connectivity index (χ3v) is 4.76. The van der Waals surface area contributed by atoms with Gasteiger partial charge in [-0.3, -0.25) is 0 Å². The molecule has 1 aliphatic rings. The van der Waals surface area contributed by atoms with E-state index in [9.17, 15) is 9.90 Å². The zero-order valence-electron chi connectivity index (χ0n) is 14.8. The molecule has 2 rings (SSSR count). The van der Waals surface area contributed by atoms with Crippen LogP contribution in [0, 0.1) is 5.92 Å². The Morgan fingerprint density at radius 2 is 2.04 bits per heavy atom. The van der Waals surface area contributed by atoms with Crippen LogP contribution in [0.15, 0.2) is 28.7 Å². The van der Waals surface area contributed by atoms with Gasteiger partial charge in [0.15, 0.2) is 0 Å². The number of carboxylic acid groups (broad SMARTS) is 1. The minimum atomic E-state index is -1.09. The Morgan fingerprint density at radius 1 is 1.27 bits per heavy atom. The van der Waals surface area contributed by atoms with Crippen LogP contribution >= 0.6 is 11.3 Å². The second kappa shape index (κ2) is 11.3. The van der Waals surface area contributed by atoms with E-state index in [0.717, 1.165) is 5.56 Å². The van der Waals surface area contributed by atoms with E-state index in [1.165, 1.54) is 0 Å². The molecule has 26 heavy (non-hydrogen) atoms. The second-order valence-corrected chi connectivity index (χ2v) is 6.54. The van der Waals surface area contributed by atoms with Crippen molar-refractivity contribution in [3.05, 3.63) is 34.2 Å². The molecule has 0 amide bonds. The summed E-state index contributed by atoms with van der Waals surface area (Å²) >= 11 is 1.57. The Labute approximate surface area is 157 Å². The molecule has 2 N–H and O–H groups in total. The lowest BCUT2D eigenvalue weighted by Crippen LogP contribution is -2.37. The standard InChI is InChI=1S/C18H26O7S/c1-2-24-18-14(3-6-22-8-9-23-7-5-19)15(13-4-10-26-12-13)11-16(25-18)17(20)21/h4,10-12,14-15,18-19H,2-3,5-9H2,1H3,(H,20,21)/t14-,15-,18-/m1/s1. The fourth-order valence-electron chi connectivity index (χ4n) is 2.88. The molecule has 0 aliphatic carbocycles. The fourth-order valence-corrected chi connectivity index (χ4v) is 3.59. The van der Waals surface area contributed by atoms with E-state index in [1.54, 1.807) is 17.4 Å². The third-order valence-electron chi connectivity index (χ3n) is 4.06. The SMILES string of the molecule is CCO[C@@H]1OC(C(=O)O)=C[C@H](c2ccsc2)[C@H]1CCOCCOCCO. The molecular formula is C18H26O7S. The van der Waals surface area contributed by atoms with Gasteiger partial charge < -0.3 is 29.2 Å². The third kappa shape index (κ3) is 6.07. The van der Waals surface area contributed by atoms with E-state index in [2.05, 4.69) is 0 Å². The molecule has 8 heteroatoms. The van der Waals surface area contributed by atoms with Gasteiger partial charge in [0.1, 0.15) is 0 Å². The van der Waals surface area contributed by atoms with E-state index >= 15 is 0 Å². The summed E-state index contributed by atoms with van der Waals surface area (Å²) in [6, 6.07) is 2.00. The van der Waals surface area contributed by atoms with Crippen LogP contribution in [-0.4, -0.2) is 62.1 Å². The molecule has 1 aromatic heterocycles. The number of hydrogen-bond donors (Lipinski definition) is 2. The minimum absolute atomic E-state index is 0.00395. The van der Waals surface area contributed by atoms with Gasteiger partial charge in [0, 0.05) is 25.0 Å². The van der Waals surface area contributed by atoms with Crippen molar-refractivity contribution in [1.29, 1.82) is 0 Å².